The Morgan fingerprint density at radius 3 is 2.16 bits per heavy atom. The monoisotopic (exact) mass is 354 g/mol. The fourth-order valence-corrected chi connectivity index (χ4v) is 2.93. The molecule has 2 aromatic carbocycles. The maximum Gasteiger partial charge on any atom is 0.240 e. The summed E-state index contributed by atoms with van der Waals surface area (Å²) in [5.41, 5.74) is 8.68. The van der Waals surface area contributed by atoms with Crippen LogP contribution < -0.4 is 10.5 Å². The SMILES string of the molecule is CCOc1ccc(-c2nnc(N)nc2-c2ccc(S(C)=O)cc2)cc1. The van der Waals surface area contributed by atoms with Crippen molar-refractivity contribution in [1.82, 2.24) is 15.2 Å². The predicted molar refractivity (Wildman–Crippen MR) is 98.6 cm³/mol. The van der Waals surface area contributed by atoms with Crippen molar-refractivity contribution in [2.45, 2.75) is 11.8 Å². The zero-order valence-electron chi connectivity index (χ0n) is 14.0. The van der Waals surface area contributed by atoms with Gasteiger partial charge in [0.1, 0.15) is 17.1 Å². The van der Waals surface area contributed by atoms with Crippen LogP contribution in [0.15, 0.2) is 53.4 Å². The molecule has 1 atom stereocenters. The number of nitrogens with zero attached hydrogens (tertiary/aromatic N) is 3. The molecule has 128 valence electrons. The normalized spacial score (nSPS) is 11.9. The van der Waals surface area contributed by atoms with Crippen molar-refractivity contribution in [2.24, 2.45) is 0 Å². The van der Waals surface area contributed by atoms with E-state index in [9.17, 15) is 4.21 Å². The van der Waals surface area contributed by atoms with Crippen molar-refractivity contribution in [2.75, 3.05) is 18.6 Å². The Morgan fingerprint density at radius 2 is 1.56 bits per heavy atom. The van der Waals surface area contributed by atoms with Gasteiger partial charge in [-0.15, -0.1) is 10.2 Å². The molecular formula is C18H18N4O2S. The summed E-state index contributed by atoms with van der Waals surface area (Å²) in [6.07, 6.45) is 1.64. The number of hydrogen-bond acceptors (Lipinski definition) is 6. The molecule has 0 bridgehead atoms. The van der Waals surface area contributed by atoms with E-state index in [1.165, 1.54) is 0 Å². The Balaban J connectivity index is 2.04. The van der Waals surface area contributed by atoms with Crippen molar-refractivity contribution in [3.05, 3.63) is 48.5 Å². The molecule has 0 aliphatic rings. The zero-order chi connectivity index (χ0) is 17.8. The van der Waals surface area contributed by atoms with Gasteiger partial charge in [0.05, 0.1) is 6.61 Å². The van der Waals surface area contributed by atoms with Gasteiger partial charge in [-0.3, -0.25) is 4.21 Å². The third-order valence-corrected chi connectivity index (χ3v) is 4.54. The van der Waals surface area contributed by atoms with Crippen molar-refractivity contribution in [1.29, 1.82) is 0 Å². The van der Waals surface area contributed by atoms with Crippen molar-refractivity contribution in [3.8, 4) is 28.3 Å². The number of rotatable bonds is 5. The van der Waals surface area contributed by atoms with Crippen LogP contribution in [-0.4, -0.2) is 32.3 Å². The second kappa shape index (κ2) is 7.40. The van der Waals surface area contributed by atoms with Crippen LogP contribution in [0.2, 0.25) is 0 Å². The quantitative estimate of drug-likeness (QED) is 0.757. The van der Waals surface area contributed by atoms with Gasteiger partial charge in [-0.2, -0.15) is 0 Å². The van der Waals surface area contributed by atoms with Crippen LogP contribution in [0.1, 0.15) is 6.92 Å². The molecular weight excluding hydrogens is 336 g/mol. The molecule has 0 amide bonds. The van der Waals surface area contributed by atoms with E-state index in [2.05, 4.69) is 15.2 Å². The summed E-state index contributed by atoms with van der Waals surface area (Å²) in [5, 5.41) is 8.10. The van der Waals surface area contributed by atoms with E-state index in [0.717, 1.165) is 21.8 Å². The number of ether oxygens (including phenoxy) is 1. The molecule has 1 unspecified atom stereocenters. The lowest BCUT2D eigenvalue weighted by Crippen LogP contribution is -2.02. The average Bonchev–Trinajstić information content (AvgIpc) is 2.63. The van der Waals surface area contributed by atoms with Gasteiger partial charge in [0.15, 0.2) is 0 Å². The van der Waals surface area contributed by atoms with Crippen LogP contribution in [0.5, 0.6) is 5.75 Å². The number of benzene rings is 2. The molecule has 1 heterocycles. The summed E-state index contributed by atoms with van der Waals surface area (Å²) in [4.78, 5) is 5.10. The summed E-state index contributed by atoms with van der Waals surface area (Å²) in [6.45, 7) is 2.55. The van der Waals surface area contributed by atoms with Crippen LogP contribution in [0.3, 0.4) is 0 Å². The summed E-state index contributed by atoms with van der Waals surface area (Å²) in [5.74, 6) is 0.895. The molecule has 2 N–H and O–H groups in total. The molecule has 0 spiro atoms. The first-order valence-corrected chi connectivity index (χ1v) is 9.31. The van der Waals surface area contributed by atoms with E-state index in [4.69, 9.17) is 10.5 Å². The van der Waals surface area contributed by atoms with E-state index in [1.54, 1.807) is 6.26 Å². The maximum absolute atomic E-state index is 11.6. The molecule has 3 rings (SSSR count). The molecule has 0 fully saturated rings. The third-order valence-electron chi connectivity index (χ3n) is 3.60. The van der Waals surface area contributed by atoms with E-state index >= 15 is 0 Å². The Labute approximate surface area is 148 Å². The molecule has 6 nitrogen and oxygen atoms in total. The predicted octanol–water partition coefficient (Wildman–Crippen LogP) is 2.92. The highest BCUT2D eigenvalue weighted by molar-refractivity contribution is 7.84. The first-order chi connectivity index (χ1) is 12.1. The molecule has 3 aromatic rings. The van der Waals surface area contributed by atoms with Crippen molar-refractivity contribution >= 4 is 16.7 Å². The van der Waals surface area contributed by atoms with Gasteiger partial charge >= 0.3 is 0 Å². The van der Waals surface area contributed by atoms with E-state index in [-0.39, 0.29) is 5.95 Å². The minimum absolute atomic E-state index is 0.104. The Hall–Kier alpha value is -2.80. The highest BCUT2D eigenvalue weighted by Crippen LogP contribution is 2.30. The number of aromatic nitrogens is 3. The molecule has 0 aliphatic heterocycles. The van der Waals surface area contributed by atoms with Gasteiger partial charge in [-0.1, -0.05) is 12.1 Å². The molecule has 0 aliphatic carbocycles. The standard InChI is InChI=1S/C18H18N4O2S/c1-3-24-14-8-4-13(5-9-14)17-16(20-18(19)22-21-17)12-6-10-15(11-7-12)25(2)23/h4-11H,3H2,1-2H3,(H2,19,20,22). The fraction of sp³-hybridized carbons (Fsp3) is 0.167. The van der Waals surface area contributed by atoms with Crippen LogP contribution in [0.4, 0.5) is 5.95 Å². The molecule has 0 saturated carbocycles. The molecule has 0 radical (unpaired) electrons. The minimum Gasteiger partial charge on any atom is -0.494 e. The first-order valence-electron chi connectivity index (χ1n) is 7.75. The molecule has 0 saturated heterocycles. The van der Waals surface area contributed by atoms with Gasteiger partial charge in [-0.25, -0.2) is 4.98 Å². The summed E-state index contributed by atoms with van der Waals surface area (Å²) in [6, 6.07) is 14.9. The summed E-state index contributed by atoms with van der Waals surface area (Å²) in [7, 11) is -1.03. The smallest absolute Gasteiger partial charge is 0.240 e. The van der Waals surface area contributed by atoms with Crippen molar-refractivity contribution < 1.29 is 8.95 Å². The minimum atomic E-state index is -1.03. The highest BCUT2D eigenvalue weighted by atomic mass is 32.2. The number of nitrogens with two attached hydrogens (primary N) is 1. The van der Waals surface area contributed by atoms with Gasteiger partial charge in [0.25, 0.3) is 0 Å². The molecule has 25 heavy (non-hydrogen) atoms. The van der Waals surface area contributed by atoms with Crippen LogP contribution in [0, 0.1) is 0 Å². The van der Waals surface area contributed by atoms with Crippen LogP contribution in [0.25, 0.3) is 22.5 Å². The van der Waals surface area contributed by atoms with Crippen LogP contribution in [-0.2, 0) is 10.8 Å². The van der Waals surface area contributed by atoms with Gasteiger partial charge < -0.3 is 10.5 Å². The average molecular weight is 354 g/mol. The Morgan fingerprint density at radius 1 is 0.960 bits per heavy atom. The highest BCUT2D eigenvalue weighted by Gasteiger charge is 2.13. The molecule has 1 aromatic heterocycles. The Bertz CT molecular complexity index is 896. The van der Waals surface area contributed by atoms with Crippen LogP contribution >= 0.6 is 0 Å². The summed E-state index contributed by atoms with van der Waals surface area (Å²) >= 11 is 0. The second-order valence-corrected chi connectivity index (χ2v) is 6.68. The lowest BCUT2D eigenvalue weighted by atomic mass is 10.0. The number of hydrogen-bond donors (Lipinski definition) is 1. The summed E-state index contributed by atoms with van der Waals surface area (Å²) < 4.78 is 17.0. The van der Waals surface area contributed by atoms with E-state index in [1.807, 2.05) is 55.5 Å². The van der Waals surface area contributed by atoms with Gasteiger partial charge in [0.2, 0.25) is 5.95 Å². The van der Waals surface area contributed by atoms with Gasteiger partial charge in [-0.05, 0) is 43.3 Å². The van der Waals surface area contributed by atoms with Gasteiger partial charge in [0, 0.05) is 33.1 Å². The third kappa shape index (κ3) is 3.83. The fourth-order valence-electron chi connectivity index (χ4n) is 2.41. The maximum atomic E-state index is 11.6. The lowest BCUT2D eigenvalue weighted by molar-refractivity contribution is 0.340. The molecule has 7 heteroatoms. The first kappa shape index (κ1) is 17.0. The number of anilines is 1. The largest absolute Gasteiger partial charge is 0.494 e. The zero-order valence-corrected chi connectivity index (χ0v) is 14.8. The topological polar surface area (TPSA) is 91.0 Å². The number of nitrogen functional groups attached to an aromatic ring is 1. The van der Waals surface area contributed by atoms with E-state index in [0.29, 0.717) is 18.0 Å². The Kier molecular flexibility index (Phi) is 5.04. The van der Waals surface area contributed by atoms with E-state index < -0.39 is 10.8 Å². The van der Waals surface area contributed by atoms with Crippen molar-refractivity contribution in [3.63, 3.8) is 0 Å². The lowest BCUT2D eigenvalue weighted by Gasteiger charge is -2.09. The second-order valence-electron chi connectivity index (χ2n) is 5.30.